The summed E-state index contributed by atoms with van der Waals surface area (Å²) < 4.78 is 0.973. The maximum Gasteiger partial charge on any atom is 0.228 e. The SMILES string of the molecule is O=C1CCCCN1c1ncc(Br)s1. The van der Waals surface area contributed by atoms with Gasteiger partial charge in [0.05, 0.1) is 9.98 Å². The lowest BCUT2D eigenvalue weighted by Gasteiger charge is -2.23. The highest BCUT2D eigenvalue weighted by Gasteiger charge is 2.21. The van der Waals surface area contributed by atoms with Crippen LogP contribution in [0, 0.1) is 0 Å². The van der Waals surface area contributed by atoms with Crippen LogP contribution in [0.3, 0.4) is 0 Å². The Bertz CT molecular complexity index is 326. The average molecular weight is 261 g/mol. The number of carbonyl (C=O) groups excluding carboxylic acids is 1. The number of hydrogen-bond donors (Lipinski definition) is 0. The molecular formula is C8H9BrN2OS. The molecule has 5 heteroatoms. The summed E-state index contributed by atoms with van der Waals surface area (Å²) in [7, 11) is 0. The van der Waals surface area contributed by atoms with Gasteiger partial charge in [0, 0.05) is 13.0 Å². The van der Waals surface area contributed by atoms with Gasteiger partial charge in [-0.1, -0.05) is 11.3 Å². The summed E-state index contributed by atoms with van der Waals surface area (Å²) in [5, 5.41) is 0.816. The standard InChI is InChI=1S/C8H9BrN2OS/c9-6-5-10-8(13-6)11-4-2-1-3-7(11)12/h5H,1-4H2. The molecular weight excluding hydrogens is 252 g/mol. The van der Waals surface area contributed by atoms with Crippen LogP contribution in [0.1, 0.15) is 19.3 Å². The van der Waals surface area contributed by atoms with E-state index >= 15 is 0 Å². The van der Waals surface area contributed by atoms with E-state index < -0.39 is 0 Å². The van der Waals surface area contributed by atoms with E-state index in [9.17, 15) is 4.79 Å². The molecule has 0 spiro atoms. The van der Waals surface area contributed by atoms with E-state index in [0.717, 1.165) is 28.3 Å². The zero-order valence-electron chi connectivity index (χ0n) is 6.99. The number of halogens is 1. The molecule has 1 amide bonds. The van der Waals surface area contributed by atoms with Crippen LogP contribution < -0.4 is 4.90 Å². The Morgan fingerprint density at radius 2 is 2.38 bits per heavy atom. The number of nitrogens with zero attached hydrogens (tertiary/aromatic N) is 2. The number of anilines is 1. The van der Waals surface area contributed by atoms with Gasteiger partial charge in [0.25, 0.3) is 0 Å². The molecule has 1 saturated heterocycles. The van der Waals surface area contributed by atoms with Crippen molar-refractivity contribution in [2.45, 2.75) is 19.3 Å². The Morgan fingerprint density at radius 3 is 3.00 bits per heavy atom. The van der Waals surface area contributed by atoms with Crippen molar-refractivity contribution in [3.05, 3.63) is 9.98 Å². The number of aromatic nitrogens is 1. The lowest BCUT2D eigenvalue weighted by molar-refractivity contribution is -0.119. The molecule has 13 heavy (non-hydrogen) atoms. The average Bonchev–Trinajstić information content (AvgIpc) is 2.53. The van der Waals surface area contributed by atoms with Crippen molar-refractivity contribution < 1.29 is 4.79 Å². The Kier molecular flexibility index (Phi) is 2.64. The maximum absolute atomic E-state index is 11.5. The van der Waals surface area contributed by atoms with Gasteiger partial charge in [0.1, 0.15) is 0 Å². The fourth-order valence-corrected chi connectivity index (χ4v) is 2.60. The van der Waals surface area contributed by atoms with Crippen LogP contribution in [0.15, 0.2) is 9.98 Å². The molecule has 2 rings (SSSR count). The Morgan fingerprint density at radius 1 is 1.54 bits per heavy atom. The van der Waals surface area contributed by atoms with Crippen molar-refractivity contribution in [1.82, 2.24) is 4.98 Å². The van der Waals surface area contributed by atoms with Gasteiger partial charge < -0.3 is 0 Å². The van der Waals surface area contributed by atoms with Gasteiger partial charge >= 0.3 is 0 Å². The van der Waals surface area contributed by atoms with Gasteiger partial charge in [-0.15, -0.1) is 0 Å². The van der Waals surface area contributed by atoms with Crippen LogP contribution >= 0.6 is 27.3 Å². The first-order chi connectivity index (χ1) is 6.27. The molecule has 1 aromatic rings. The van der Waals surface area contributed by atoms with Crippen LogP contribution in [0.2, 0.25) is 0 Å². The summed E-state index contributed by atoms with van der Waals surface area (Å²) >= 11 is 4.85. The maximum atomic E-state index is 11.5. The Labute approximate surface area is 88.9 Å². The number of carbonyl (C=O) groups is 1. The third kappa shape index (κ3) is 1.91. The molecule has 1 aromatic heterocycles. The quantitative estimate of drug-likeness (QED) is 0.777. The molecule has 1 aliphatic rings. The van der Waals surface area contributed by atoms with Gasteiger partial charge in [-0.25, -0.2) is 4.98 Å². The summed E-state index contributed by atoms with van der Waals surface area (Å²) in [6, 6.07) is 0. The molecule has 3 nitrogen and oxygen atoms in total. The highest BCUT2D eigenvalue weighted by molar-refractivity contribution is 9.11. The third-order valence-corrected chi connectivity index (χ3v) is 3.52. The normalized spacial score (nSPS) is 17.9. The van der Waals surface area contributed by atoms with Crippen LogP contribution in [0.4, 0.5) is 5.13 Å². The van der Waals surface area contributed by atoms with Gasteiger partial charge in [0.2, 0.25) is 5.91 Å². The molecule has 0 atom stereocenters. The zero-order chi connectivity index (χ0) is 9.26. The van der Waals surface area contributed by atoms with E-state index in [1.54, 1.807) is 11.1 Å². The second-order valence-electron chi connectivity index (χ2n) is 2.95. The van der Waals surface area contributed by atoms with Crippen molar-refractivity contribution in [3.63, 3.8) is 0 Å². The van der Waals surface area contributed by atoms with Crippen molar-refractivity contribution in [1.29, 1.82) is 0 Å². The van der Waals surface area contributed by atoms with E-state index in [-0.39, 0.29) is 5.91 Å². The highest BCUT2D eigenvalue weighted by Crippen LogP contribution is 2.28. The molecule has 0 radical (unpaired) electrons. The molecule has 0 N–H and O–H groups in total. The summed E-state index contributed by atoms with van der Waals surface area (Å²) in [5.74, 6) is 0.202. The number of hydrogen-bond acceptors (Lipinski definition) is 3. The van der Waals surface area contributed by atoms with Crippen LogP contribution in [-0.2, 0) is 4.79 Å². The van der Waals surface area contributed by atoms with Crippen molar-refractivity contribution >= 4 is 38.3 Å². The van der Waals surface area contributed by atoms with E-state index in [4.69, 9.17) is 0 Å². The van der Waals surface area contributed by atoms with E-state index in [1.807, 2.05) is 0 Å². The van der Waals surface area contributed by atoms with Crippen molar-refractivity contribution in [3.8, 4) is 0 Å². The second kappa shape index (κ2) is 3.75. The number of amides is 1. The molecule has 1 fully saturated rings. The van der Waals surface area contributed by atoms with Crippen LogP contribution in [0.5, 0.6) is 0 Å². The minimum absolute atomic E-state index is 0.202. The molecule has 1 aliphatic heterocycles. The lowest BCUT2D eigenvalue weighted by Crippen LogP contribution is -2.34. The van der Waals surface area contributed by atoms with Crippen molar-refractivity contribution in [2.24, 2.45) is 0 Å². The minimum atomic E-state index is 0.202. The number of thiazole rings is 1. The van der Waals surface area contributed by atoms with Crippen LogP contribution in [0.25, 0.3) is 0 Å². The van der Waals surface area contributed by atoms with Crippen molar-refractivity contribution in [2.75, 3.05) is 11.4 Å². The van der Waals surface area contributed by atoms with Gasteiger partial charge in [0.15, 0.2) is 5.13 Å². The zero-order valence-corrected chi connectivity index (χ0v) is 9.40. The topological polar surface area (TPSA) is 33.2 Å². The summed E-state index contributed by atoms with van der Waals surface area (Å²) in [6.45, 7) is 0.818. The molecule has 70 valence electrons. The van der Waals surface area contributed by atoms with Crippen LogP contribution in [-0.4, -0.2) is 17.4 Å². The Balaban J connectivity index is 2.19. The highest BCUT2D eigenvalue weighted by atomic mass is 79.9. The summed E-state index contributed by atoms with van der Waals surface area (Å²) in [6.07, 6.45) is 4.50. The fraction of sp³-hybridized carbons (Fsp3) is 0.500. The molecule has 0 unspecified atom stereocenters. The molecule has 0 saturated carbocycles. The van der Waals surface area contributed by atoms with E-state index in [0.29, 0.717) is 6.42 Å². The molecule has 0 aromatic carbocycles. The van der Waals surface area contributed by atoms with E-state index in [1.165, 1.54) is 11.3 Å². The first-order valence-electron chi connectivity index (χ1n) is 4.19. The first-order valence-corrected chi connectivity index (χ1v) is 5.80. The second-order valence-corrected chi connectivity index (χ2v) is 5.34. The minimum Gasteiger partial charge on any atom is -0.288 e. The number of rotatable bonds is 1. The predicted octanol–water partition coefficient (Wildman–Crippen LogP) is 2.42. The van der Waals surface area contributed by atoms with E-state index in [2.05, 4.69) is 20.9 Å². The largest absolute Gasteiger partial charge is 0.288 e. The summed E-state index contributed by atoms with van der Waals surface area (Å²) in [4.78, 5) is 17.4. The number of piperidine rings is 1. The Hall–Kier alpha value is -0.420. The predicted molar refractivity (Wildman–Crippen MR) is 56.0 cm³/mol. The first kappa shape index (κ1) is 9.15. The molecule has 0 aliphatic carbocycles. The fourth-order valence-electron chi connectivity index (χ4n) is 1.38. The molecule has 0 bridgehead atoms. The summed E-state index contributed by atoms with van der Waals surface area (Å²) in [5.41, 5.74) is 0. The molecule has 2 heterocycles. The monoisotopic (exact) mass is 260 g/mol. The third-order valence-electron chi connectivity index (χ3n) is 2.02. The van der Waals surface area contributed by atoms with Gasteiger partial charge in [-0.05, 0) is 28.8 Å². The van der Waals surface area contributed by atoms with Gasteiger partial charge in [-0.2, -0.15) is 0 Å². The smallest absolute Gasteiger partial charge is 0.228 e. The lowest BCUT2D eigenvalue weighted by atomic mass is 10.1. The van der Waals surface area contributed by atoms with Gasteiger partial charge in [-0.3, -0.25) is 9.69 Å².